The Labute approximate surface area is 211 Å². The third-order valence-electron chi connectivity index (χ3n) is 4.80. The van der Waals surface area contributed by atoms with E-state index in [4.69, 9.17) is 39.5 Å². The molecule has 0 spiro atoms. The maximum Gasteiger partial charge on any atom is 0.316 e. The minimum atomic E-state index is -3.54. The van der Waals surface area contributed by atoms with Crippen LogP contribution in [0.2, 0.25) is 15.1 Å². The fraction of sp³-hybridized carbons (Fsp3) is 0.333. The number of anilines is 1. The summed E-state index contributed by atoms with van der Waals surface area (Å²) < 4.78 is 31.8. The molecule has 0 atom stereocenters. The molecule has 1 saturated heterocycles. The number of piperidine rings is 1. The summed E-state index contributed by atoms with van der Waals surface area (Å²) in [7, 11) is -3.54. The second-order valence-corrected chi connectivity index (χ2v) is 11.3. The predicted octanol–water partition coefficient (Wildman–Crippen LogP) is 5.10. The van der Waals surface area contributed by atoms with E-state index in [1.165, 1.54) is 28.6 Å². The number of thioether (sulfide) groups is 1. The number of nitrogens with zero attached hydrogens (tertiary/aromatic N) is 1. The van der Waals surface area contributed by atoms with Crippen molar-refractivity contribution in [2.45, 2.75) is 29.1 Å². The predicted molar refractivity (Wildman–Crippen MR) is 131 cm³/mol. The fourth-order valence-electron chi connectivity index (χ4n) is 3.11. The van der Waals surface area contributed by atoms with Gasteiger partial charge in [0.25, 0.3) is 5.91 Å². The van der Waals surface area contributed by atoms with E-state index in [0.717, 1.165) is 31.0 Å². The van der Waals surface area contributed by atoms with Crippen LogP contribution in [-0.4, -0.2) is 50.0 Å². The van der Waals surface area contributed by atoms with Gasteiger partial charge in [-0.05, 0) is 49.2 Å². The van der Waals surface area contributed by atoms with E-state index < -0.39 is 28.5 Å². The number of halogens is 3. The van der Waals surface area contributed by atoms with Crippen molar-refractivity contribution in [1.29, 1.82) is 0 Å². The van der Waals surface area contributed by atoms with Crippen molar-refractivity contribution >= 4 is 74.2 Å². The van der Waals surface area contributed by atoms with Crippen molar-refractivity contribution < 1.29 is 22.7 Å². The molecule has 0 radical (unpaired) electrons. The summed E-state index contributed by atoms with van der Waals surface area (Å²) in [5.74, 6) is -1.23. The first-order chi connectivity index (χ1) is 15.7. The molecule has 33 heavy (non-hydrogen) atoms. The average Bonchev–Trinajstić information content (AvgIpc) is 2.81. The van der Waals surface area contributed by atoms with E-state index in [9.17, 15) is 18.0 Å². The molecule has 1 amide bonds. The van der Waals surface area contributed by atoms with E-state index in [1.807, 2.05) is 0 Å². The number of benzene rings is 2. The average molecular weight is 552 g/mol. The van der Waals surface area contributed by atoms with Crippen molar-refractivity contribution in [1.82, 2.24) is 4.31 Å². The minimum Gasteiger partial charge on any atom is -0.455 e. The number of hydrogen-bond donors (Lipinski definition) is 1. The standard InChI is InChI=1S/C21H21Cl3N2O5S2/c22-16-8-9-17(21(24)20(16)23)32-13-19(28)31-12-18(27)25-14-4-6-15(7-5-14)33(29,30)26-10-2-1-3-11-26/h4-9H,1-3,10-13H2,(H,25,27). The van der Waals surface area contributed by atoms with Gasteiger partial charge in [0.05, 0.1) is 25.7 Å². The molecule has 0 aromatic heterocycles. The molecule has 1 aliphatic rings. The number of amides is 1. The zero-order valence-corrected chi connectivity index (χ0v) is 21.3. The fourth-order valence-corrected chi connectivity index (χ4v) is 6.13. The number of carbonyl (C=O) groups is 2. The smallest absolute Gasteiger partial charge is 0.316 e. The topological polar surface area (TPSA) is 92.8 Å². The summed E-state index contributed by atoms with van der Waals surface area (Å²) in [6.07, 6.45) is 2.74. The number of sulfonamides is 1. The summed E-state index contributed by atoms with van der Waals surface area (Å²) in [5, 5.41) is 3.32. The van der Waals surface area contributed by atoms with Crippen LogP contribution in [0.3, 0.4) is 0 Å². The van der Waals surface area contributed by atoms with Crippen molar-refractivity contribution in [2.75, 3.05) is 30.8 Å². The molecule has 1 fully saturated rings. The Morgan fingerprint density at radius 1 is 0.970 bits per heavy atom. The molecule has 1 heterocycles. The van der Waals surface area contributed by atoms with Gasteiger partial charge in [-0.15, -0.1) is 11.8 Å². The maximum atomic E-state index is 12.7. The molecule has 3 rings (SSSR count). The van der Waals surface area contributed by atoms with Crippen LogP contribution in [0.25, 0.3) is 0 Å². The molecule has 7 nitrogen and oxygen atoms in total. The molecular weight excluding hydrogens is 531 g/mol. The highest BCUT2D eigenvalue weighted by atomic mass is 35.5. The van der Waals surface area contributed by atoms with Gasteiger partial charge in [-0.3, -0.25) is 9.59 Å². The van der Waals surface area contributed by atoms with Gasteiger partial charge in [-0.2, -0.15) is 4.31 Å². The summed E-state index contributed by atoms with van der Waals surface area (Å²) in [4.78, 5) is 24.8. The van der Waals surface area contributed by atoms with Crippen LogP contribution in [-0.2, 0) is 24.3 Å². The Bertz CT molecular complexity index is 1120. The Morgan fingerprint density at radius 2 is 1.64 bits per heavy atom. The summed E-state index contributed by atoms with van der Waals surface area (Å²) >= 11 is 19.0. The molecule has 0 aliphatic carbocycles. The van der Waals surface area contributed by atoms with Gasteiger partial charge >= 0.3 is 5.97 Å². The van der Waals surface area contributed by atoms with Crippen LogP contribution in [0.4, 0.5) is 5.69 Å². The molecule has 0 bridgehead atoms. The molecular formula is C21H21Cl3N2O5S2. The number of esters is 1. The monoisotopic (exact) mass is 550 g/mol. The SMILES string of the molecule is O=C(COC(=O)CSc1ccc(Cl)c(Cl)c1Cl)Nc1ccc(S(=O)(=O)N2CCCCC2)cc1. The van der Waals surface area contributed by atoms with Gasteiger partial charge in [0, 0.05) is 23.7 Å². The maximum absolute atomic E-state index is 12.7. The lowest BCUT2D eigenvalue weighted by molar-refractivity contribution is -0.144. The molecule has 0 unspecified atom stereocenters. The summed E-state index contributed by atoms with van der Waals surface area (Å²) in [5.41, 5.74) is 0.394. The Hall–Kier alpha value is -1.49. The van der Waals surface area contributed by atoms with E-state index in [0.29, 0.717) is 28.7 Å². The lowest BCUT2D eigenvalue weighted by atomic mass is 10.2. The molecule has 2 aromatic carbocycles. The second kappa shape index (κ2) is 11.8. The molecule has 1 N–H and O–H groups in total. The van der Waals surface area contributed by atoms with E-state index in [-0.39, 0.29) is 20.7 Å². The quantitative estimate of drug-likeness (QED) is 0.279. The molecule has 1 aliphatic heterocycles. The molecule has 178 valence electrons. The van der Waals surface area contributed by atoms with Crippen LogP contribution in [0.15, 0.2) is 46.2 Å². The van der Waals surface area contributed by atoms with E-state index in [2.05, 4.69) is 5.32 Å². The van der Waals surface area contributed by atoms with Crippen LogP contribution < -0.4 is 5.32 Å². The van der Waals surface area contributed by atoms with Gasteiger partial charge in [0.1, 0.15) is 0 Å². The van der Waals surface area contributed by atoms with E-state index >= 15 is 0 Å². The summed E-state index contributed by atoms with van der Waals surface area (Å²) in [6, 6.07) is 9.10. The first-order valence-corrected chi connectivity index (χ1v) is 13.6. The van der Waals surface area contributed by atoms with Crippen molar-refractivity contribution in [3.63, 3.8) is 0 Å². The third kappa shape index (κ3) is 7.00. The third-order valence-corrected chi connectivity index (χ3v) is 9.15. The highest BCUT2D eigenvalue weighted by Gasteiger charge is 2.25. The summed E-state index contributed by atoms with van der Waals surface area (Å²) in [6.45, 7) is 0.547. The first-order valence-electron chi connectivity index (χ1n) is 10.0. The second-order valence-electron chi connectivity index (χ2n) is 7.16. The zero-order chi connectivity index (χ0) is 24.0. The van der Waals surface area contributed by atoms with Crippen LogP contribution in [0.1, 0.15) is 19.3 Å². The van der Waals surface area contributed by atoms with Crippen molar-refractivity contribution in [3.05, 3.63) is 51.5 Å². The van der Waals surface area contributed by atoms with Crippen molar-refractivity contribution in [2.24, 2.45) is 0 Å². The van der Waals surface area contributed by atoms with Gasteiger partial charge in [-0.1, -0.05) is 41.2 Å². The Morgan fingerprint density at radius 3 is 2.30 bits per heavy atom. The van der Waals surface area contributed by atoms with Gasteiger partial charge in [0.15, 0.2) is 6.61 Å². The van der Waals surface area contributed by atoms with Gasteiger partial charge < -0.3 is 10.1 Å². The largest absolute Gasteiger partial charge is 0.455 e. The van der Waals surface area contributed by atoms with Crippen LogP contribution in [0, 0.1) is 0 Å². The zero-order valence-electron chi connectivity index (χ0n) is 17.4. The molecule has 2 aromatic rings. The number of rotatable bonds is 8. The Balaban J connectivity index is 1.46. The first kappa shape index (κ1) is 26.1. The van der Waals surface area contributed by atoms with Crippen LogP contribution in [0.5, 0.6) is 0 Å². The van der Waals surface area contributed by atoms with Crippen LogP contribution >= 0.6 is 46.6 Å². The highest BCUT2D eigenvalue weighted by molar-refractivity contribution is 8.00. The Kier molecular flexibility index (Phi) is 9.32. The van der Waals surface area contributed by atoms with Crippen molar-refractivity contribution in [3.8, 4) is 0 Å². The highest BCUT2D eigenvalue weighted by Crippen LogP contribution is 2.37. The normalized spacial score (nSPS) is 14.6. The van der Waals surface area contributed by atoms with E-state index in [1.54, 1.807) is 12.1 Å². The lowest BCUT2D eigenvalue weighted by Crippen LogP contribution is -2.35. The molecule has 0 saturated carbocycles. The van der Waals surface area contributed by atoms with Gasteiger partial charge in [-0.25, -0.2) is 8.42 Å². The lowest BCUT2D eigenvalue weighted by Gasteiger charge is -2.25. The number of hydrogen-bond acceptors (Lipinski definition) is 6. The number of carbonyl (C=O) groups excluding carboxylic acids is 2. The number of ether oxygens (including phenoxy) is 1. The molecule has 12 heteroatoms. The van der Waals surface area contributed by atoms with Gasteiger partial charge in [0.2, 0.25) is 10.0 Å². The number of nitrogens with one attached hydrogen (secondary N) is 1. The minimum absolute atomic E-state index is 0.0754.